The van der Waals surface area contributed by atoms with Crippen molar-refractivity contribution < 1.29 is 0 Å². The predicted molar refractivity (Wildman–Crippen MR) is 80.2 cm³/mol. The molecule has 0 spiro atoms. The van der Waals surface area contributed by atoms with Gasteiger partial charge in [0.05, 0.1) is 17.4 Å². The molecule has 1 atom stereocenters. The summed E-state index contributed by atoms with van der Waals surface area (Å²) in [6.45, 7) is 0. The molecule has 0 bridgehead atoms. The number of hydrazine groups is 1. The average molecular weight is 268 g/mol. The van der Waals surface area contributed by atoms with Crippen LogP contribution in [0.5, 0.6) is 0 Å². The Kier molecular flexibility index (Phi) is 3.95. The van der Waals surface area contributed by atoms with Gasteiger partial charge in [-0.15, -0.1) is 0 Å². The molecule has 0 amide bonds. The second kappa shape index (κ2) is 6.03. The van der Waals surface area contributed by atoms with Crippen LogP contribution < -0.4 is 11.3 Å². The highest BCUT2D eigenvalue weighted by molar-refractivity contribution is 5.32. The van der Waals surface area contributed by atoms with Gasteiger partial charge in [0.25, 0.3) is 0 Å². The van der Waals surface area contributed by atoms with E-state index in [1.54, 1.807) is 0 Å². The van der Waals surface area contributed by atoms with E-state index >= 15 is 0 Å². The first kappa shape index (κ1) is 13.1. The van der Waals surface area contributed by atoms with Crippen molar-refractivity contribution >= 4 is 0 Å². The lowest BCUT2D eigenvalue weighted by Crippen LogP contribution is -2.30. The molecule has 104 valence electrons. The number of nitrogens with two attached hydrogens (primary N) is 1. The summed E-state index contributed by atoms with van der Waals surface area (Å²) in [6, 6.07) is 12.2. The third-order valence-corrected chi connectivity index (χ3v) is 3.79. The van der Waals surface area contributed by atoms with Gasteiger partial charge in [0.15, 0.2) is 0 Å². The van der Waals surface area contributed by atoms with Gasteiger partial charge in [-0.1, -0.05) is 24.3 Å². The van der Waals surface area contributed by atoms with E-state index in [0.29, 0.717) is 0 Å². The van der Waals surface area contributed by atoms with Crippen molar-refractivity contribution in [3.63, 3.8) is 0 Å². The number of hydrogen-bond donors (Lipinski definition) is 2. The first-order chi connectivity index (χ1) is 9.88. The number of aromatic nitrogens is 2. The summed E-state index contributed by atoms with van der Waals surface area (Å²) in [5, 5.41) is 4.66. The van der Waals surface area contributed by atoms with Crippen LogP contribution in [0.15, 0.2) is 54.2 Å². The molecule has 1 aromatic carbocycles. The number of benzene rings is 1. The van der Waals surface area contributed by atoms with Crippen LogP contribution in [0.3, 0.4) is 0 Å². The predicted octanol–water partition coefficient (Wildman–Crippen LogP) is 2.88. The Morgan fingerprint density at radius 2 is 2.00 bits per heavy atom. The van der Waals surface area contributed by atoms with E-state index in [4.69, 9.17) is 5.84 Å². The molecule has 4 nitrogen and oxygen atoms in total. The first-order valence-corrected chi connectivity index (χ1v) is 7.14. The summed E-state index contributed by atoms with van der Waals surface area (Å²) in [4.78, 5) is 0. The van der Waals surface area contributed by atoms with E-state index < -0.39 is 0 Å². The van der Waals surface area contributed by atoms with Crippen LogP contribution >= 0.6 is 0 Å². The molecule has 1 aromatic heterocycles. The fourth-order valence-corrected chi connectivity index (χ4v) is 2.72. The first-order valence-electron chi connectivity index (χ1n) is 7.14. The lowest BCUT2D eigenvalue weighted by molar-refractivity contribution is 0.551. The van der Waals surface area contributed by atoms with Gasteiger partial charge in [0.1, 0.15) is 0 Å². The molecule has 1 unspecified atom stereocenters. The fourth-order valence-electron chi connectivity index (χ4n) is 2.72. The Morgan fingerprint density at radius 1 is 1.15 bits per heavy atom. The maximum atomic E-state index is 5.74. The van der Waals surface area contributed by atoms with Crippen molar-refractivity contribution in [3.05, 3.63) is 59.9 Å². The van der Waals surface area contributed by atoms with Gasteiger partial charge >= 0.3 is 0 Å². The van der Waals surface area contributed by atoms with Crippen LogP contribution in [0.4, 0.5) is 0 Å². The zero-order valence-electron chi connectivity index (χ0n) is 11.5. The molecule has 20 heavy (non-hydrogen) atoms. The van der Waals surface area contributed by atoms with Crippen LogP contribution in [0.2, 0.25) is 0 Å². The summed E-state index contributed by atoms with van der Waals surface area (Å²) in [6.07, 6.45) is 9.05. The fraction of sp³-hybridized carbons (Fsp3) is 0.312. The quantitative estimate of drug-likeness (QED) is 0.509. The Bertz CT molecular complexity index is 586. The third-order valence-electron chi connectivity index (χ3n) is 3.79. The van der Waals surface area contributed by atoms with Crippen molar-refractivity contribution in [2.75, 3.05) is 0 Å². The monoisotopic (exact) mass is 268 g/mol. The molecule has 0 saturated carbocycles. The minimum Gasteiger partial charge on any atom is -0.271 e. The molecule has 2 aromatic rings. The number of rotatable bonds is 4. The maximum Gasteiger partial charge on any atom is 0.0860 e. The van der Waals surface area contributed by atoms with Gasteiger partial charge in [-0.3, -0.25) is 5.84 Å². The van der Waals surface area contributed by atoms with Gasteiger partial charge in [-0.25, -0.2) is 10.1 Å². The van der Waals surface area contributed by atoms with Crippen molar-refractivity contribution in [1.82, 2.24) is 15.2 Å². The van der Waals surface area contributed by atoms with E-state index in [1.807, 2.05) is 47.3 Å². The summed E-state index contributed by atoms with van der Waals surface area (Å²) < 4.78 is 1.89. The number of allylic oxidation sites excluding steroid dienone is 1. The molecule has 4 heteroatoms. The van der Waals surface area contributed by atoms with Crippen LogP contribution in [0, 0.1) is 0 Å². The number of hydrogen-bond acceptors (Lipinski definition) is 3. The van der Waals surface area contributed by atoms with E-state index in [0.717, 1.165) is 24.2 Å². The van der Waals surface area contributed by atoms with E-state index in [2.05, 4.69) is 16.6 Å². The summed E-state index contributed by atoms with van der Waals surface area (Å²) >= 11 is 0. The van der Waals surface area contributed by atoms with Gasteiger partial charge in [-0.2, -0.15) is 5.10 Å². The highest BCUT2D eigenvalue weighted by atomic mass is 15.3. The molecule has 1 aliphatic carbocycles. The summed E-state index contributed by atoms with van der Waals surface area (Å²) in [5.41, 5.74) is 6.31. The summed E-state index contributed by atoms with van der Waals surface area (Å²) in [5.74, 6) is 5.74. The Labute approximate surface area is 119 Å². The zero-order chi connectivity index (χ0) is 13.8. The van der Waals surface area contributed by atoms with Gasteiger partial charge < -0.3 is 0 Å². The highest BCUT2D eigenvalue weighted by Gasteiger charge is 2.19. The molecule has 0 saturated heterocycles. The Morgan fingerprint density at radius 3 is 2.70 bits per heavy atom. The van der Waals surface area contributed by atoms with Gasteiger partial charge in [0, 0.05) is 6.20 Å². The second-order valence-corrected chi connectivity index (χ2v) is 5.15. The van der Waals surface area contributed by atoms with E-state index in [9.17, 15) is 0 Å². The van der Waals surface area contributed by atoms with Gasteiger partial charge in [-0.05, 0) is 49.5 Å². The van der Waals surface area contributed by atoms with Crippen LogP contribution in [0.25, 0.3) is 5.69 Å². The Balaban J connectivity index is 1.86. The average Bonchev–Trinajstić information content (AvgIpc) is 3.00. The van der Waals surface area contributed by atoms with Crippen LogP contribution in [-0.4, -0.2) is 9.78 Å². The molecule has 3 N–H and O–H groups in total. The van der Waals surface area contributed by atoms with Crippen molar-refractivity contribution in [2.45, 2.75) is 31.7 Å². The lowest BCUT2D eigenvalue weighted by atomic mass is 9.93. The lowest BCUT2D eigenvalue weighted by Gasteiger charge is -2.20. The molecule has 1 aliphatic rings. The number of nitrogens with one attached hydrogen (secondary N) is 1. The second-order valence-electron chi connectivity index (χ2n) is 5.15. The normalized spacial score (nSPS) is 16.8. The topological polar surface area (TPSA) is 55.9 Å². The highest BCUT2D eigenvalue weighted by Crippen LogP contribution is 2.28. The minimum atomic E-state index is 0.0280. The molecule has 3 rings (SSSR count). The van der Waals surface area contributed by atoms with Crippen molar-refractivity contribution in [3.8, 4) is 5.69 Å². The zero-order valence-corrected chi connectivity index (χ0v) is 11.5. The smallest absolute Gasteiger partial charge is 0.0860 e. The third kappa shape index (κ3) is 2.66. The standard InChI is InChI=1S/C16H20N4/c17-18-16(13-7-3-1-4-8-13)15-11-12-20(19-15)14-9-5-2-6-10-14/h2,5-7,9-12,16,18H,1,3-4,8,17H2. The number of nitrogens with zero attached hydrogens (tertiary/aromatic N) is 2. The molecule has 0 radical (unpaired) electrons. The maximum absolute atomic E-state index is 5.74. The summed E-state index contributed by atoms with van der Waals surface area (Å²) in [7, 11) is 0. The molecule has 0 aliphatic heterocycles. The molecule has 0 fully saturated rings. The van der Waals surface area contributed by atoms with Crippen LogP contribution in [-0.2, 0) is 0 Å². The van der Waals surface area contributed by atoms with Crippen molar-refractivity contribution in [1.29, 1.82) is 0 Å². The molecular weight excluding hydrogens is 248 g/mol. The van der Waals surface area contributed by atoms with Crippen molar-refractivity contribution in [2.24, 2.45) is 5.84 Å². The minimum absolute atomic E-state index is 0.0280. The SMILES string of the molecule is NNC(C1=CCCCC1)c1ccn(-c2ccccc2)n1. The van der Waals surface area contributed by atoms with Gasteiger partial charge in [0.2, 0.25) is 0 Å². The molecule has 1 heterocycles. The Hall–Kier alpha value is -1.91. The van der Waals surface area contributed by atoms with E-state index in [1.165, 1.54) is 18.4 Å². The largest absolute Gasteiger partial charge is 0.271 e. The number of para-hydroxylation sites is 1. The molecular formula is C16H20N4. The van der Waals surface area contributed by atoms with Crippen LogP contribution in [0.1, 0.15) is 37.4 Å². The van der Waals surface area contributed by atoms with E-state index in [-0.39, 0.29) is 6.04 Å².